The zero-order valence-corrected chi connectivity index (χ0v) is 21.3. The van der Waals surface area contributed by atoms with Crippen molar-refractivity contribution < 1.29 is 27.1 Å². The van der Waals surface area contributed by atoms with Crippen molar-refractivity contribution in [3.63, 3.8) is 0 Å². The fourth-order valence-corrected chi connectivity index (χ4v) is 6.32. The average Bonchev–Trinajstić information content (AvgIpc) is 3.41. The van der Waals surface area contributed by atoms with Crippen LogP contribution in [-0.2, 0) is 36.5 Å². The van der Waals surface area contributed by atoms with E-state index in [0.29, 0.717) is 28.8 Å². The molecule has 2 aromatic carbocycles. The first kappa shape index (κ1) is 24.7. The predicted molar refractivity (Wildman–Crippen MR) is 133 cm³/mol. The number of carbonyl (C=O) groups excluding carboxylic acids is 1. The highest BCUT2D eigenvalue weighted by Gasteiger charge is 2.52. The number of alkyl halides is 4. The fraction of sp³-hybridized carbons (Fsp3) is 0.464. The molecular weight excluding hydrogens is 514 g/mol. The molecule has 204 valence electrons. The van der Waals surface area contributed by atoms with Crippen LogP contribution in [0.1, 0.15) is 57.4 Å². The number of hydrogen-bond acceptors (Lipinski definition) is 5. The van der Waals surface area contributed by atoms with Crippen LogP contribution in [0.3, 0.4) is 0 Å². The zero-order chi connectivity index (χ0) is 27.2. The number of aromatic nitrogens is 3. The van der Waals surface area contributed by atoms with E-state index in [9.17, 15) is 18.0 Å². The van der Waals surface area contributed by atoms with Crippen molar-refractivity contribution in [3.05, 3.63) is 76.4 Å². The molecular formula is C28H27F4N5O2. The maximum absolute atomic E-state index is 15.8. The molecule has 1 amide bonds. The molecule has 39 heavy (non-hydrogen) atoms. The molecule has 4 aliphatic rings. The summed E-state index contributed by atoms with van der Waals surface area (Å²) in [6.45, 7) is 2.20. The maximum Gasteiger partial charge on any atom is 0.416 e. The van der Waals surface area contributed by atoms with Crippen molar-refractivity contribution in [1.82, 2.24) is 19.7 Å². The number of halogens is 4. The van der Waals surface area contributed by atoms with Crippen molar-refractivity contribution in [2.75, 3.05) is 31.2 Å². The topological polar surface area (TPSA) is 63.5 Å². The molecule has 3 aromatic rings. The lowest BCUT2D eigenvalue weighted by molar-refractivity contribution is -0.138. The van der Waals surface area contributed by atoms with Crippen molar-refractivity contribution in [3.8, 4) is 0 Å². The number of benzene rings is 2. The second-order valence-electron chi connectivity index (χ2n) is 11.6. The quantitative estimate of drug-likeness (QED) is 0.428. The van der Waals surface area contributed by atoms with Gasteiger partial charge in [-0.2, -0.15) is 13.2 Å². The van der Waals surface area contributed by atoms with Crippen LogP contribution in [0.25, 0.3) is 0 Å². The lowest BCUT2D eigenvalue weighted by Crippen LogP contribution is -2.50. The number of amides is 1. The van der Waals surface area contributed by atoms with Gasteiger partial charge in [0.2, 0.25) is 0 Å². The van der Waals surface area contributed by atoms with E-state index < -0.39 is 29.2 Å². The largest absolute Gasteiger partial charge is 0.416 e. The normalized spacial score (nSPS) is 22.0. The Kier molecular flexibility index (Phi) is 5.29. The molecule has 0 unspecified atom stereocenters. The number of likely N-dealkylation sites (tertiary alicyclic amines) is 1. The summed E-state index contributed by atoms with van der Waals surface area (Å²) in [5.41, 5.74) is 0.146. The van der Waals surface area contributed by atoms with E-state index in [1.165, 1.54) is 34.7 Å². The Hall–Kier alpha value is -3.31. The molecule has 7 nitrogen and oxygen atoms in total. The van der Waals surface area contributed by atoms with Gasteiger partial charge in [0.1, 0.15) is 6.33 Å². The van der Waals surface area contributed by atoms with E-state index >= 15 is 4.39 Å². The number of fused-ring (bicyclic) bond motifs is 1. The van der Waals surface area contributed by atoms with E-state index in [1.807, 2.05) is 0 Å². The highest BCUT2D eigenvalue weighted by atomic mass is 19.4. The van der Waals surface area contributed by atoms with Crippen LogP contribution in [0, 0.1) is 5.41 Å². The van der Waals surface area contributed by atoms with Crippen LogP contribution in [0.5, 0.6) is 0 Å². The van der Waals surface area contributed by atoms with E-state index in [4.69, 9.17) is 4.74 Å². The summed E-state index contributed by atoms with van der Waals surface area (Å²) >= 11 is 0. The Morgan fingerprint density at radius 1 is 1.13 bits per heavy atom. The predicted octanol–water partition coefficient (Wildman–Crippen LogP) is 4.57. The van der Waals surface area contributed by atoms with Crippen LogP contribution in [0.2, 0.25) is 0 Å². The number of hydrogen-bond donors (Lipinski definition) is 0. The summed E-state index contributed by atoms with van der Waals surface area (Å²) in [5, 5.41) is 7.70. The average molecular weight is 542 g/mol. The molecule has 0 N–H and O–H groups in total. The first-order valence-corrected chi connectivity index (χ1v) is 13.0. The third-order valence-corrected chi connectivity index (χ3v) is 8.80. The van der Waals surface area contributed by atoms with Crippen LogP contribution >= 0.6 is 0 Å². The van der Waals surface area contributed by atoms with E-state index in [2.05, 4.69) is 15.1 Å². The van der Waals surface area contributed by atoms with Crippen molar-refractivity contribution >= 4 is 11.6 Å². The fourth-order valence-electron chi connectivity index (χ4n) is 6.32. The Morgan fingerprint density at radius 2 is 1.90 bits per heavy atom. The third-order valence-electron chi connectivity index (χ3n) is 8.80. The highest BCUT2D eigenvalue weighted by molar-refractivity contribution is 6.10. The molecule has 1 aromatic heterocycles. The summed E-state index contributed by atoms with van der Waals surface area (Å²) in [6, 6.07) is 9.60. The van der Waals surface area contributed by atoms with Gasteiger partial charge < -0.3 is 14.2 Å². The van der Waals surface area contributed by atoms with Gasteiger partial charge in [0.25, 0.3) is 5.91 Å². The zero-order valence-electron chi connectivity index (χ0n) is 21.3. The van der Waals surface area contributed by atoms with Crippen LogP contribution < -0.4 is 4.90 Å². The molecule has 3 aliphatic heterocycles. The standard InChI is InChI=1S/C28H27F4N5O2/c1-35-16-33-34-24(35)23(29)27(14-39-15-27)18-3-2-4-19(9-18)37-11-21-20(25(37)38)7-17(8-22(21)28(30,31)32)10-36-12-26(13-36)5-6-26/h2-4,7-9,16,23H,5-6,10-15H2,1H3/t23-/m1/s1. The van der Waals surface area contributed by atoms with Gasteiger partial charge >= 0.3 is 6.18 Å². The minimum absolute atomic E-state index is 0.0203. The monoisotopic (exact) mass is 541 g/mol. The summed E-state index contributed by atoms with van der Waals surface area (Å²) in [6.07, 6.45) is -2.32. The molecule has 1 atom stereocenters. The van der Waals surface area contributed by atoms with Gasteiger partial charge in [-0.1, -0.05) is 12.1 Å². The van der Waals surface area contributed by atoms with Gasteiger partial charge in [-0.15, -0.1) is 10.2 Å². The molecule has 11 heteroatoms. The Labute approximate surface area is 222 Å². The molecule has 3 fully saturated rings. The van der Waals surface area contributed by atoms with Crippen LogP contribution in [0.4, 0.5) is 23.2 Å². The molecule has 0 bridgehead atoms. The van der Waals surface area contributed by atoms with Crippen LogP contribution in [0.15, 0.2) is 42.7 Å². The van der Waals surface area contributed by atoms with E-state index in [-0.39, 0.29) is 36.7 Å². The van der Waals surface area contributed by atoms with Crippen molar-refractivity contribution in [1.29, 1.82) is 0 Å². The van der Waals surface area contributed by atoms with Gasteiger partial charge in [-0.25, -0.2) is 4.39 Å². The van der Waals surface area contributed by atoms with Gasteiger partial charge in [-0.05, 0) is 59.2 Å². The third kappa shape index (κ3) is 3.88. The Morgan fingerprint density at radius 3 is 2.51 bits per heavy atom. The minimum atomic E-state index is -4.59. The number of carbonyl (C=O) groups is 1. The Bertz CT molecular complexity index is 1470. The van der Waals surface area contributed by atoms with Gasteiger partial charge in [0.05, 0.1) is 30.7 Å². The second-order valence-corrected chi connectivity index (χ2v) is 11.6. The summed E-state index contributed by atoms with van der Waals surface area (Å²) in [7, 11) is 1.66. The first-order valence-electron chi connectivity index (χ1n) is 13.0. The molecule has 0 radical (unpaired) electrons. The number of ether oxygens (including phenoxy) is 1. The smallest absolute Gasteiger partial charge is 0.379 e. The highest BCUT2D eigenvalue weighted by Crippen LogP contribution is 2.53. The SMILES string of the molecule is Cn1cnnc1[C@@H](F)C1(c2cccc(N3Cc4c(cc(CN5CC6(CC6)C5)cc4C(F)(F)F)C3=O)c2)COC1. The van der Waals surface area contributed by atoms with Crippen molar-refractivity contribution in [2.24, 2.45) is 12.5 Å². The number of rotatable bonds is 6. The Balaban J connectivity index is 1.20. The molecule has 7 rings (SSSR count). The maximum atomic E-state index is 15.8. The van der Waals surface area contributed by atoms with Gasteiger partial charge in [-0.3, -0.25) is 9.69 Å². The molecule has 1 saturated carbocycles. The molecule has 4 heterocycles. The minimum Gasteiger partial charge on any atom is -0.379 e. The summed E-state index contributed by atoms with van der Waals surface area (Å²) in [4.78, 5) is 17.0. The van der Waals surface area contributed by atoms with E-state index in [1.54, 1.807) is 37.4 Å². The van der Waals surface area contributed by atoms with E-state index in [0.717, 1.165) is 13.1 Å². The molecule has 1 spiro atoms. The van der Waals surface area contributed by atoms with Crippen LogP contribution in [-0.4, -0.2) is 51.9 Å². The number of nitrogens with zero attached hydrogens (tertiary/aromatic N) is 5. The van der Waals surface area contributed by atoms with Gasteiger partial charge in [0, 0.05) is 37.9 Å². The molecule has 1 aliphatic carbocycles. The number of anilines is 1. The lowest BCUT2D eigenvalue weighted by Gasteiger charge is -2.43. The molecule has 2 saturated heterocycles. The number of aryl methyl sites for hydroxylation is 1. The van der Waals surface area contributed by atoms with Gasteiger partial charge in [0.15, 0.2) is 12.0 Å². The second kappa shape index (κ2) is 8.34. The van der Waals surface area contributed by atoms with Crippen molar-refractivity contribution in [2.45, 2.75) is 43.7 Å². The lowest BCUT2D eigenvalue weighted by atomic mass is 9.74. The first-order chi connectivity index (χ1) is 18.6. The summed E-state index contributed by atoms with van der Waals surface area (Å²) in [5.74, 6) is -0.328. The summed E-state index contributed by atoms with van der Waals surface area (Å²) < 4.78 is 65.2.